The summed E-state index contributed by atoms with van der Waals surface area (Å²) in [6.45, 7) is 12.3. The van der Waals surface area contributed by atoms with Crippen LogP contribution in [0.5, 0.6) is 0 Å². The Morgan fingerprint density at radius 2 is 1.03 bits per heavy atom. The van der Waals surface area contributed by atoms with E-state index in [-0.39, 0.29) is 6.61 Å². The van der Waals surface area contributed by atoms with Crippen molar-refractivity contribution in [1.82, 2.24) is 4.90 Å². The first-order valence-corrected chi connectivity index (χ1v) is 16.2. The van der Waals surface area contributed by atoms with Gasteiger partial charge in [-0.3, -0.25) is 9.05 Å². The Labute approximate surface area is 213 Å². The summed E-state index contributed by atoms with van der Waals surface area (Å²) in [5.41, 5.74) is 0. The molecule has 0 aromatic carbocycles. The SMILES string of the molecule is CCCCN(CCCC)CCOP(=O)(O)OCCCCCCCCCCCCCCCC(C)C. The number of hydrogen-bond acceptors (Lipinski definition) is 4. The van der Waals surface area contributed by atoms with E-state index in [0.29, 0.717) is 13.2 Å². The highest BCUT2D eigenvalue weighted by Crippen LogP contribution is 2.43. The van der Waals surface area contributed by atoms with Crippen molar-refractivity contribution >= 4 is 7.82 Å². The van der Waals surface area contributed by atoms with Crippen LogP contribution in [0.25, 0.3) is 0 Å². The van der Waals surface area contributed by atoms with E-state index in [1.54, 1.807) is 0 Å². The lowest BCUT2D eigenvalue weighted by molar-refractivity contribution is 0.128. The average molecular weight is 506 g/mol. The Hall–Kier alpha value is 0.0700. The largest absolute Gasteiger partial charge is 0.472 e. The van der Waals surface area contributed by atoms with Gasteiger partial charge < -0.3 is 9.79 Å². The second-order valence-electron chi connectivity index (χ2n) is 10.5. The molecule has 5 nitrogen and oxygen atoms in total. The van der Waals surface area contributed by atoms with Gasteiger partial charge in [0, 0.05) is 6.54 Å². The number of nitrogens with zero attached hydrogens (tertiary/aromatic N) is 1. The van der Waals surface area contributed by atoms with Crippen LogP contribution in [0.1, 0.15) is 143 Å². The highest BCUT2D eigenvalue weighted by molar-refractivity contribution is 7.47. The molecule has 1 N–H and O–H groups in total. The van der Waals surface area contributed by atoms with Gasteiger partial charge in [-0.15, -0.1) is 0 Å². The number of rotatable bonds is 27. The van der Waals surface area contributed by atoms with Gasteiger partial charge in [-0.25, -0.2) is 4.57 Å². The van der Waals surface area contributed by atoms with Crippen molar-refractivity contribution in [1.29, 1.82) is 0 Å². The normalized spacial score (nSPS) is 13.7. The Kier molecular flexibility index (Phi) is 24.8. The second-order valence-corrected chi connectivity index (χ2v) is 11.9. The molecule has 0 radical (unpaired) electrons. The van der Waals surface area contributed by atoms with Crippen LogP contribution in [0, 0.1) is 5.92 Å². The predicted molar refractivity (Wildman–Crippen MR) is 147 cm³/mol. The standard InChI is InChI=1S/C28H60NO4P/c1-5-7-23-29(24-8-6-2)25-27-33-34(30,31)32-26-21-19-17-15-13-11-9-10-12-14-16-18-20-22-28(3)4/h28H,5-27H2,1-4H3,(H,30,31). The van der Waals surface area contributed by atoms with E-state index in [0.717, 1.165) is 57.5 Å². The molecule has 0 saturated heterocycles. The summed E-state index contributed by atoms with van der Waals surface area (Å²) in [5.74, 6) is 0.856. The van der Waals surface area contributed by atoms with Crippen LogP contribution in [0.2, 0.25) is 0 Å². The Morgan fingerprint density at radius 3 is 1.47 bits per heavy atom. The average Bonchev–Trinajstić information content (AvgIpc) is 2.79. The van der Waals surface area contributed by atoms with Crippen molar-refractivity contribution in [2.45, 2.75) is 143 Å². The van der Waals surface area contributed by atoms with Crippen molar-refractivity contribution in [3.05, 3.63) is 0 Å². The van der Waals surface area contributed by atoms with Gasteiger partial charge >= 0.3 is 7.82 Å². The molecule has 6 heteroatoms. The molecule has 206 valence electrons. The molecular formula is C28H60NO4P. The fraction of sp³-hybridized carbons (Fsp3) is 1.00. The molecule has 0 heterocycles. The maximum atomic E-state index is 12.1. The zero-order valence-electron chi connectivity index (χ0n) is 23.4. The minimum absolute atomic E-state index is 0.249. The number of unbranched alkanes of at least 4 members (excludes halogenated alkanes) is 14. The molecule has 0 aliphatic heterocycles. The van der Waals surface area contributed by atoms with E-state index in [1.807, 2.05) is 0 Å². The Balaban J connectivity index is 3.51. The minimum atomic E-state index is -3.92. The third kappa shape index (κ3) is 25.2. The van der Waals surface area contributed by atoms with E-state index >= 15 is 0 Å². The van der Waals surface area contributed by atoms with Crippen LogP contribution in [-0.4, -0.2) is 42.6 Å². The van der Waals surface area contributed by atoms with Crippen LogP contribution < -0.4 is 0 Å². The first-order valence-electron chi connectivity index (χ1n) is 14.8. The molecule has 0 aromatic rings. The van der Waals surface area contributed by atoms with Gasteiger partial charge in [-0.1, -0.05) is 124 Å². The molecule has 0 saturated carbocycles. The molecule has 0 fully saturated rings. The molecule has 34 heavy (non-hydrogen) atoms. The summed E-state index contributed by atoms with van der Waals surface area (Å²) < 4.78 is 22.4. The van der Waals surface area contributed by atoms with Crippen molar-refractivity contribution < 1.29 is 18.5 Å². The summed E-state index contributed by atoms with van der Waals surface area (Å²) in [7, 11) is -3.92. The van der Waals surface area contributed by atoms with Crippen LogP contribution in [-0.2, 0) is 13.6 Å². The van der Waals surface area contributed by atoms with Gasteiger partial charge in [-0.05, 0) is 38.3 Å². The van der Waals surface area contributed by atoms with Crippen LogP contribution >= 0.6 is 7.82 Å². The van der Waals surface area contributed by atoms with E-state index in [2.05, 4.69) is 32.6 Å². The summed E-state index contributed by atoms with van der Waals surface area (Å²) in [4.78, 5) is 12.2. The maximum Gasteiger partial charge on any atom is 0.472 e. The van der Waals surface area contributed by atoms with Gasteiger partial charge in [0.1, 0.15) is 0 Å². The Bertz CT molecular complexity index is 454. The molecule has 0 aliphatic rings. The highest BCUT2D eigenvalue weighted by Gasteiger charge is 2.20. The lowest BCUT2D eigenvalue weighted by Gasteiger charge is -2.22. The van der Waals surface area contributed by atoms with Gasteiger partial charge in [0.2, 0.25) is 0 Å². The monoisotopic (exact) mass is 505 g/mol. The van der Waals surface area contributed by atoms with E-state index in [1.165, 1.54) is 77.0 Å². The fourth-order valence-corrected chi connectivity index (χ4v) is 4.95. The molecule has 0 rings (SSSR count). The molecule has 0 amide bonds. The molecule has 1 atom stereocenters. The zero-order valence-corrected chi connectivity index (χ0v) is 24.3. The van der Waals surface area contributed by atoms with Crippen molar-refractivity contribution in [2.75, 3.05) is 32.8 Å². The van der Waals surface area contributed by atoms with E-state index in [4.69, 9.17) is 9.05 Å². The fourth-order valence-electron chi connectivity index (χ4n) is 4.20. The Morgan fingerprint density at radius 1 is 0.618 bits per heavy atom. The second kappa shape index (κ2) is 24.8. The van der Waals surface area contributed by atoms with Crippen molar-refractivity contribution in [3.8, 4) is 0 Å². The van der Waals surface area contributed by atoms with Crippen molar-refractivity contribution in [3.63, 3.8) is 0 Å². The molecule has 0 bridgehead atoms. The van der Waals surface area contributed by atoms with E-state index < -0.39 is 7.82 Å². The van der Waals surface area contributed by atoms with Gasteiger partial charge in [0.25, 0.3) is 0 Å². The molecular weight excluding hydrogens is 445 g/mol. The van der Waals surface area contributed by atoms with E-state index in [9.17, 15) is 9.46 Å². The zero-order chi connectivity index (χ0) is 25.3. The maximum absolute atomic E-state index is 12.1. The summed E-state index contributed by atoms with van der Waals surface area (Å²) in [6.07, 6.45) is 22.8. The van der Waals surface area contributed by atoms with Gasteiger partial charge in [0.05, 0.1) is 13.2 Å². The third-order valence-corrected chi connectivity index (χ3v) is 7.52. The number of phosphoric acid groups is 1. The first-order chi connectivity index (χ1) is 16.4. The molecule has 0 spiro atoms. The quantitative estimate of drug-likeness (QED) is 0.0890. The summed E-state index contributed by atoms with van der Waals surface area (Å²) in [6, 6.07) is 0. The van der Waals surface area contributed by atoms with Crippen LogP contribution in [0.3, 0.4) is 0 Å². The van der Waals surface area contributed by atoms with Crippen LogP contribution in [0.4, 0.5) is 0 Å². The summed E-state index contributed by atoms with van der Waals surface area (Å²) >= 11 is 0. The number of hydrogen-bond donors (Lipinski definition) is 1. The smallest absolute Gasteiger partial charge is 0.302 e. The lowest BCUT2D eigenvalue weighted by atomic mass is 10.0. The van der Waals surface area contributed by atoms with Crippen molar-refractivity contribution in [2.24, 2.45) is 5.92 Å². The minimum Gasteiger partial charge on any atom is -0.302 e. The highest BCUT2D eigenvalue weighted by atomic mass is 31.2. The first kappa shape index (κ1) is 34.1. The number of phosphoric ester groups is 1. The summed E-state index contributed by atoms with van der Waals surface area (Å²) in [5, 5.41) is 0. The molecule has 0 aromatic heterocycles. The van der Waals surface area contributed by atoms with Gasteiger partial charge in [-0.2, -0.15) is 0 Å². The lowest BCUT2D eigenvalue weighted by Crippen LogP contribution is -2.29. The third-order valence-electron chi connectivity index (χ3n) is 6.50. The van der Waals surface area contributed by atoms with Gasteiger partial charge in [0.15, 0.2) is 0 Å². The van der Waals surface area contributed by atoms with Crippen LogP contribution in [0.15, 0.2) is 0 Å². The topological polar surface area (TPSA) is 59.0 Å². The predicted octanol–water partition coefficient (Wildman–Crippen LogP) is 9.14. The molecule has 1 unspecified atom stereocenters. The molecule has 0 aliphatic carbocycles.